The average Bonchev–Trinajstić information content (AvgIpc) is 2.58. The fourth-order valence-corrected chi connectivity index (χ4v) is 2.37. The van der Waals surface area contributed by atoms with Crippen molar-refractivity contribution in [3.63, 3.8) is 0 Å². The second-order valence-corrected chi connectivity index (χ2v) is 5.65. The lowest BCUT2D eigenvalue weighted by Crippen LogP contribution is -2.07. The normalized spacial score (nSPS) is 10.7. The van der Waals surface area contributed by atoms with Crippen LogP contribution >= 0.6 is 15.9 Å². The van der Waals surface area contributed by atoms with Crippen LogP contribution in [-0.2, 0) is 9.53 Å². The highest BCUT2D eigenvalue weighted by molar-refractivity contribution is 9.10. The van der Waals surface area contributed by atoms with Crippen LogP contribution < -0.4 is 9.47 Å². The number of hydrogen-bond acceptors (Lipinski definition) is 5. The van der Waals surface area contributed by atoms with E-state index in [0.29, 0.717) is 34.7 Å². The Morgan fingerprint density at radius 3 is 2.79 bits per heavy atom. The Bertz CT molecular complexity index is 662. The fraction of sp³-hybridized carbons (Fsp3) is 0.333. The molecule has 0 heterocycles. The Morgan fingerprint density at radius 1 is 1.46 bits per heavy atom. The minimum Gasteiger partial charge on any atom is -0.493 e. The molecule has 0 aliphatic heterocycles. The van der Waals surface area contributed by atoms with Crippen molar-refractivity contribution >= 4 is 28.0 Å². The van der Waals surface area contributed by atoms with E-state index in [9.17, 15) is 10.1 Å². The molecule has 0 spiro atoms. The first kappa shape index (κ1) is 19.8. The molecule has 128 valence electrons. The fourth-order valence-electron chi connectivity index (χ4n) is 1.80. The largest absolute Gasteiger partial charge is 0.493 e. The molecular formula is C18H20BrNO4. The lowest BCUT2D eigenvalue weighted by atomic mass is 10.1. The van der Waals surface area contributed by atoms with Crippen molar-refractivity contribution in [2.75, 3.05) is 20.3 Å². The molecule has 0 unspecified atom stereocenters. The highest BCUT2D eigenvalue weighted by Gasteiger charge is 2.14. The summed E-state index contributed by atoms with van der Waals surface area (Å²) < 4.78 is 16.5. The van der Waals surface area contributed by atoms with Crippen LogP contribution in [0.25, 0.3) is 6.08 Å². The lowest BCUT2D eigenvalue weighted by Gasteiger charge is -2.12. The molecule has 1 aromatic rings. The first-order valence-electron chi connectivity index (χ1n) is 7.47. The lowest BCUT2D eigenvalue weighted by molar-refractivity contribution is -0.138. The molecule has 0 bridgehead atoms. The van der Waals surface area contributed by atoms with E-state index in [1.54, 1.807) is 18.2 Å². The molecule has 0 atom stereocenters. The van der Waals surface area contributed by atoms with Crippen molar-refractivity contribution < 1.29 is 19.0 Å². The standard InChI is InChI=1S/C18H20BrNO4/c1-4-6-8-24-18(21)14(12-20)9-13-10-15(19)17(23-7-5-2)16(11-13)22-3/h5,9-11H,2,4,6-8H2,1,3H3/b14-9+. The maximum atomic E-state index is 11.9. The Balaban J connectivity index is 3.07. The number of esters is 1. The number of methoxy groups -OCH3 is 1. The summed E-state index contributed by atoms with van der Waals surface area (Å²) in [5.41, 5.74) is 0.550. The van der Waals surface area contributed by atoms with Gasteiger partial charge in [-0.25, -0.2) is 4.79 Å². The van der Waals surface area contributed by atoms with Gasteiger partial charge in [0.15, 0.2) is 11.5 Å². The van der Waals surface area contributed by atoms with Gasteiger partial charge in [0.2, 0.25) is 0 Å². The summed E-state index contributed by atoms with van der Waals surface area (Å²) in [5, 5.41) is 9.18. The molecular weight excluding hydrogens is 374 g/mol. The summed E-state index contributed by atoms with van der Waals surface area (Å²) in [6, 6.07) is 5.28. The zero-order valence-electron chi connectivity index (χ0n) is 13.8. The van der Waals surface area contributed by atoms with E-state index >= 15 is 0 Å². The molecule has 0 N–H and O–H groups in total. The number of halogens is 1. The van der Waals surface area contributed by atoms with Crippen LogP contribution in [0.2, 0.25) is 0 Å². The monoisotopic (exact) mass is 393 g/mol. The van der Waals surface area contributed by atoms with Gasteiger partial charge in [0.05, 0.1) is 18.2 Å². The summed E-state index contributed by atoms with van der Waals surface area (Å²) in [5.74, 6) is 0.376. The van der Waals surface area contributed by atoms with Gasteiger partial charge < -0.3 is 14.2 Å². The number of hydrogen-bond donors (Lipinski definition) is 0. The van der Waals surface area contributed by atoms with Crippen LogP contribution in [0.15, 0.2) is 34.8 Å². The molecule has 24 heavy (non-hydrogen) atoms. The van der Waals surface area contributed by atoms with Crippen LogP contribution in [0.1, 0.15) is 25.3 Å². The number of unbranched alkanes of at least 4 members (excludes halogenated alkanes) is 1. The minimum absolute atomic E-state index is 0.0696. The van der Waals surface area contributed by atoms with E-state index in [4.69, 9.17) is 14.2 Å². The summed E-state index contributed by atoms with van der Waals surface area (Å²) in [6.07, 6.45) is 4.76. The molecule has 1 rings (SSSR count). The third-order valence-electron chi connectivity index (χ3n) is 2.98. The Labute approximate surface area is 150 Å². The Hall–Kier alpha value is -2.26. The molecule has 0 aromatic heterocycles. The molecule has 0 fully saturated rings. The predicted molar refractivity (Wildman–Crippen MR) is 95.8 cm³/mol. The van der Waals surface area contributed by atoms with Crippen LogP contribution in [0.5, 0.6) is 11.5 Å². The van der Waals surface area contributed by atoms with Gasteiger partial charge in [-0.15, -0.1) is 0 Å². The van der Waals surface area contributed by atoms with Crippen LogP contribution in [0.3, 0.4) is 0 Å². The Kier molecular flexibility index (Phi) is 8.66. The molecule has 0 radical (unpaired) electrons. The summed E-state index contributed by atoms with van der Waals surface area (Å²) in [6.45, 7) is 6.23. The van der Waals surface area contributed by atoms with Gasteiger partial charge in [0.25, 0.3) is 0 Å². The van der Waals surface area contributed by atoms with E-state index in [2.05, 4.69) is 22.5 Å². The SMILES string of the molecule is C=CCOc1c(Br)cc(/C=C(\C#N)C(=O)OCCCC)cc1OC. The van der Waals surface area contributed by atoms with Crippen molar-refractivity contribution in [3.05, 3.63) is 40.4 Å². The van der Waals surface area contributed by atoms with Crippen molar-refractivity contribution in [1.82, 2.24) is 0 Å². The topological polar surface area (TPSA) is 68.5 Å². The number of carbonyl (C=O) groups is 1. The smallest absolute Gasteiger partial charge is 0.348 e. The minimum atomic E-state index is -0.631. The quantitative estimate of drug-likeness (QED) is 0.206. The summed E-state index contributed by atoms with van der Waals surface area (Å²) in [7, 11) is 1.51. The van der Waals surface area contributed by atoms with E-state index in [0.717, 1.165) is 12.8 Å². The zero-order valence-corrected chi connectivity index (χ0v) is 15.4. The summed E-state index contributed by atoms with van der Waals surface area (Å²) >= 11 is 3.40. The number of nitrogens with zero attached hydrogens (tertiary/aromatic N) is 1. The second kappa shape index (κ2) is 10.5. The first-order valence-corrected chi connectivity index (χ1v) is 8.26. The first-order chi connectivity index (χ1) is 11.6. The second-order valence-electron chi connectivity index (χ2n) is 4.79. The average molecular weight is 394 g/mol. The predicted octanol–water partition coefficient (Wildman–Crippen LogP) is 4.27. The maximum absolute atomic E-state index is 11.9. The van der Waals surface area contributed by atoms with Crippen molar-refractivity contribution in [1.29, 1.82) is 5.26 Å². The number of ether oxygens (including phenoxy) is 3. The molecule has 6 heteroatoms. The molecule has 0 aliphatic carbocycles. The number of carbonyl (C=O) groups excluding carboxylic acids is 1. The van der Waals surface area contributed by atoms with Crippen LogP contribution in [0.4, 0.5) is 0 Å². The molecule has 0 amide bonds. The number of rotatable bonds is 9. The van der Waals surface area contributed by atoms with Crippen molar-refractivity contribution in [2.45, 2.75) is 19.8 Å². The van der Waals surface area contributed by atoms with E-state index in [1.807, 2.05) is 13.0 Å². The third kappa shape index (κ3) is 5.74. The van der Waals surface area contributed by atoms with Gasteiger partial charge >= 0.3 is 5.97 Å². The molecule has 1 aromatic carbocycles. The molecule has 5 nitrogen and oxygen atoms in total. The van der Waals surface area contributed by atoms with Gasteiger partial charge in [-0.3, -0.25) is 0 Å². The molecule has 0 aliphatic rings. The highest BCUT2D eigenvalue weighted by Crippen LogP contribution is 2.37. The van der Waals surface area contributed by atoms with Gasteiger partial charge in [0.1, 0.15) is 18.2 Å². The highest BCUT2D eigenvalue weighted by atomic mass is 79.9. The van der Waals surface area contributed by atoms with Gasteiger partial charge in [0, 0.05) is 0 Å². The zero-order chi connectivity index (χ0) is 17.9. The van der Waals surface area contributed by atoms with E-state index in [1.165, 1.54) is 13.2 Å². The van der Waals surface area contributed by atoms with E-state index < -0.39 is 5.97 Å². The van der Waals surface area contributed by atoms with Crippen molar-refractivity contribution in [2.24, 2.45) is 0 Å². The molecule has 0 saturated carbocycles. The van der Waals surface area contributed by atoms with Gasteiger partial charge in [-0.05, 0) is 46.1 Å². The van der Waals surface area contributed by atoms with Crippen LogP contribution in [-0.4, -0.2) is 26.3 Å². The number of benzene rings is 1. The Morgan fingerprint density at radius 2 is 2.21 bits per heavy atom. The maximum Gasteiger partial charge on any atom is 0.348 e. The van der Waals surface area contributed by atoms with Gasteiger partial charge in [-0.2, -0.15) is 5.26 Å². The number of nitriles is 1. The van der Waals surface area contributed by atoms with E-state index in [-0.39, 0.29) is 5.57 Å². The van der Waals surface area contributed by atoms with Crippen LogP contribution in [0, 0.1) is 11.3 Å². The van der Waals surface area contributed by atoms with Gasteiger partial charge in [-0.1, -0.05) is 26.0 Å². The van der Waals surface area contributed by atoms with Crippen molar-refractivity contribution in [3.8, 4) is 17.6 Å². The molecule has 0 saturated heterocycles. The summed E-state index contributed by atoms with van der Waals surface area (Å²) in [4.78, 5) is 11.9. The third-order valence-corrected chi connectivity index (χ3v) is 3.57.